The van der Waals surface area contributed by atoms with Gasteiger partial charge in [0, 0.05) is 6.42 Å². The third kappa shape index (κ3) is 22.9. The summed E-state index contributed by atoms with van der Waals surface area (Å²) in [4.78, 5) is 28.6. The van der Waals surface area contributed by atoms with Gasteiger partial charge in [-0.1, -0.05) is 62.6 Å². The molecule has 0 saturated heterocycles. The van der Waals surface area contributed by atoms with Crippen LogP contribution in [0.25, 0.3) is 0 Å². The van der Waals surface area contributed by atoms with E-state index in [2.05, 4.69) is 47.9 Å². The number of unbranched alkanes of at least 4 members (excludes halogenated alkanes) is 5. The number of ether oxygens (including phenoxy) is 1. The first kappa shape index (κ1) is 27.8. The van der Waals surface area contributed by atoms with Gasteiger partial charge < -0.3 is 19.6 Å². The molecule has 0 heterocycles. The molecular formula is C21H37O7P. The highest BCUT2D eigenvalue weighted by Crippen LogP contribution is 2.35. The van der Waals surface area contributed by atoms with Gasteiger partial charge in [0.2, 0.25) is 0 Å². The molecule has 0 bridgehead atoms. The zero-order valence-corrected chi connectivity index (χ0v) is 18.3. The van der Waals surface area contributed by atoms with Crippen LogP contribution in [0.1, 0.15) is 71.1 Å². The number of hydrogen-bond acceptors (Lipinski definition) is 5. The van der Waals surface area contributed by atoms with Crippen molar-refractivity contribution in [2.24, 2.45) is 0 Å². The smallest absolute Gasteiger partial charge is 0.463 e. The molecule has 1 unspecified atom stereocenters. The maximum Gasteiger partial charge on any atom is 0.469 e. The number of carbonyl (C=O) groups excluding carboxylic acids is 1. The van der Waals surface area contributed by atoms with Crippen molar-refractivity contribution < 1.29 is 33.5 Å². The van der Waals surface area contributed by atoms with E-state index in [1.54, 1.807) is 0 Å². The van der Waals surface area contributed by atoms with E-state index in [0.29, 0.717) is 0 Å². The molecule has 0 aliphatic rings. The number of carbonyl (C=O) groups is 1. The molecule has 0 rings (SSSR count). The molecule has 0 aromatic carbocycles. The number of esters is 1. The van der Waals surface area contributed by atoms with Gasteiger partial charge in [-0.3, -0.25) is 9.32 Å². The van der Waals surface area contributed by atoms with Gasteiger partial charge in [0.15, 0.2) is 0 Å². The van der Waals surface area contributed by atoms with Gasteiger partial charge in [0.1, 0.15) is 12.7 Å². The molecule has 29 heavy (non-hydrogen) atoms. The van der Waals surface area contributed by atoms with Gasteiger partial charge in [-0.15, -0.1) is 0 Å². The summed E-state index contributed by atoms with van der Waals surface area (Å²) in [6.45, 7) is 1.21. The predicted molar refractivity (Wildman–Crippen MR) is 114 cm³/mol. The van der Waals surface area contributed by atoms with E-state index in [1.165, 1.54) is 0 Å². The summed E-state index contributed by atoms with van der Waals surface area (Å²) >= 11 is 0. The Morgan fingerprint density at radius 3 is 2.14 bits per heavy atom. The molecule has 0 aliphatic heterocycles. The summed E-state index contributed by atoms with van der Waals surface area (Å²) in [5.41, 5.74) is 0. The predicted octanol–water partition coefficient (Wildman–Crippen LogP) is 4.59. The van der Waals surface area contributed by atoms with Gasteiger partial charge in [-0.2, -0.15) is 0 Å². The Hall–Kier alpha value is -1.24. The molecule has 3 N–H and O–H groups in total. The molecule has 168 valence electrons. The van der Waals surface area contributed by atoms with Crippen LogP contribution in [0.15, 0.2) is 36.5 Å². The monoisotopic (exact) mass is 432 g/mol. The molecule has 8 heteroatoms. The summed E-state index contributed by atoms with van der Waals surface area (Å²) in [6.07, 6.45) is 21.2. The standard InChI is InChI=1S/C21H37O7P/c1-2-3-4-5-6-7-8-9-10-11-12-13-14-15-16-17-21(23)27-18-20(22)19-28-29(24,25)26/h3-4,6-7,9-10,20,22H,2,5,8,11-19H2,1H3,(H2,24,25,26). The van der Waals surface area contributed by atoms with Crippen LogP contribution in [-0.2, 0) is 18.6 Å². The Morgan fingerprint density at radius 1 is 0.897 bits per heavy atom. The van der Waals surface area contributed by atoms with Crippen LogP contribution in [0.3, 0.4) is 0 Å². The van der Waals surface area contributed by atoms with E-state index < -0.39 is 26.5 Å². The first-order chi connectivity index (χ1) is 13.8. The van der Waals surface area contributed by atoms with Gasteiger partial charge in [0.05, 0.1) is 6.61 Å². The van der Waals surface area contributed by atoms with Crippen LogP contribution < -0.4 is 0 Å². The van der Waals surface area contributed by atoms with Crippen molar-refractivity contribution in [3.8, 4) is 0 Å². The molecule has 0 amide bonds. The van der Waals surface area contributed by atoms with E-state index in [0.717, 1.165) is 57.8 Å². The van der Waals surface area contributed by atoms with Crippen LogP contribution in [-0.4, -0.2) is 40.2 Å². The minimum absolute atomic E-state index is 0.270. The second-order valence-corrected chi connectivity index (χ2v) is 7.96. The molecule has 0 radical (unpaired) electrons. The largest absolute Gasteiger partial charge is 0.469 e. The quantitative estimate of drug-likeness (QED) is 0.126. The topological polar surface area (TPSA) is 113 Å². The highest BCUT2D eigenvalue weighted by molar-refractivity contribution is 7.46. The Balaban J connectivity index is 3.47. The van der Waals surface area contributed by atoms with Crippen LogP contribution in [0.5, 0.6) is 0 Å². The van der Waals surface area contributed by atoms with Gasteiger partial charge in [0.25, 0.3) is 0 Å². The van der Waals surface area contributed by atoms with E-state index in [-0.39, 0.29) is 13.0 Å². The van der Waals surface area contributed by atoms with Gasteiger partial charge in [-0.25, -0.2) is 4.57 Å². The van der Waals surface area contributed by atoms with Crippen molar-refractivity contribution in [2.75, 3.05) is 13.2 Å². The van der Waals surface area contributed by atoms with Crippen molar-refractivity contribution in [3.05, 3.63) is 36.5 Å². The molecule has 0 fully saturated rings. The highest BCUT2D eigenvalue weighted by atomic mass is 31.2. The van der Waals surface area contributed by atoms with Crippen LogP contribution in [0.2, 0.25) is 0 Å². The molecule has 0 saturated carbocycles. The summed E-state index contributed by atoms with van der Waals surface area (Å²) in [6, 6.07) is 0. The summed E-state index contributed by atoms with van der Waals surface area (Å²) in [5.74, 6) is -0.429. The Morgan fingerprint density at radius 2 is 1.48 bits per heavy atom. The molecule has 7 nitrogen and oxygen atoms in total. The maximum absolute atomic E-state index is 11.5. The SMILES string of the molecule is CCC=CCC=CCC=CCCCCCCCC(=O)OCC(O)COP(=O)(O)O. The number of phosphoric ester groups is 1. The molecular weight excluding hydrogens is 395 g/mol. The normalized spacial score (nSPS) is 13.7. The zero-order valence-electron chi connectivity index (χ0n) is 17.4. The minimum Gasteiger partial charge on any atom is -0.463 e. The van der Waals surface area contributed by atoms with Crippen LogP contribution in [0.4, 0.5) is 0 Å². The van der Waals surface area contributed by atoms with E-state index >= 15 is 0 Å². The average molecular weight is 432 g/mol. The molecule has 1 atom stereocenters. The summed E-state index contributed by atoms with van der Waals surface area (Å²) in [5, 5.41) is 9.41. The van der Waals surface area contributed by atoms with E-state index in [4.69, 9.17) is 14.5 Å². The van der Waals surface area contributed by atoms with Crippen molar-refractivity contribution in [1.29, 1.82) is 0 Å². The van der Waals surface area contributed by atoms with E-state index in [9.17, 15) is 14.5 Å². The Bertz CT molecular complexity index is 537. The van der Waals surface area contributed by atoms with Crippen molar-refractivity contribution in [2.45, 2.75) is 77.2 Å². The zero-order chi connectivity index (χ0) is 21.8. The van der Waals surface area contributed by atoms with Crippen molar-refractivity contribution in [1.82, 2.24) is 0 Å². The van der Waals surface area contributed by atoms with Gasteiger partial charge in [-0.05, 0) is 38.5 Å². The number of hydrogen-bond donors (Lipinski definition) is 3. The fraction of sp³-hybridized carbons (Fsp3) is 0.667. The average Bonchev–Trinajstić information content (AvgIpc) is 2.67. The Labute approximate surface area is 174 Å². The fourth-order valence-corrected chi connectivity index (χ4v) is 2.75. The minimum atomic E-state index is -4.62. The number of rotatable bonds is 18. The van der Waals surface area contributed by atoms with Crippen molar-refractivity contribution in [3.63, 3.8) is 0 Å². The van der Waals surface area contributed by atoms with Gasteiger partial charge >= 0.3 is 13.8 Å². The number of allylic oxidation sites excluding steroid dienone is 6. The lowest BCUT2D eigenvalue weighted by Crippen LogP contribution is -2.23. The third-order valence-electron chi connectivity index (χ3n) is 3.90. The lowest BCUT2D eigenvalue weighted by atomic mass is 10.1. The molecule has 0 aromatic heterocycles. The summed E-state index contributed by atoms with van der Waals surface area (Å²) < 4.78 is 19.5. The second kappa shape index (κ2) is 18.8. The molecule has 0 spiro atoms. The van der Waals surface area contributed by atoms with Crippen LogP contribution >= 0.6 is 7.82 Å². The number of aliphatic hydroxyl groups is 1. The Kier molecular flexibility index (Phi) is 18.0. The van der Waals surface area contributed by atoms with E-state index in [1.807, 2.05) is 0 Å². The molecule has 0 aliphatic carbocycles. The fourth-order valence-electron chi connectivity index (χ4n) is 2.38. The second-order valence-electron chi connectivity index (χ2n) is 6.72. The lowest BCUT2D eigenvalue weighted by Gasteiger charge is -2.12. The number of phosphoric acid groups is 1. The lowest BCUT2D eigenvalue weighted by molar-refractivity contribution is -0.147. The highest BCUT2D eigenvalue weighted by Gasteiger charge is 2.17. The molecule has 0 aromatic rings. The summed E-state index contributed by atoms with van der Waals surface area (Å²) in [7, 11) is -4.62. The first-order valence-electron chi connectivity index (χ1n) is 10.3. The van der Waals surface area contributed by atoms with Crippen LogP contribution in [0, 0.1) is 0 Å². The van der Waals surface area contributed by atoms with Crippen molar-refractivity contribution >= 4 is 13.8 Å². The first-order valence-corrected chi connectivity index (χ1v) is 11.9. The third-order valence-corrected chi connectivity index (χ3v) is 4.39. The maximum atomic E-state index is 11.5. The number of aliphatic hydroxyl groups excluding tert-OH is 1.